The quantitative estimate of drug-likeness (QED) is 0.762. The third kappa shape index (κ3) is 5.35. The average molecular weight is 282 g/mol. The van der Waals surface area contributed by atoms with E-state index in [1.54, 1.807) is 0 Å². The molecule has 0 spiro atoms. The van der Waals surface area contributed by atoms with E-state index in [0.717, 1.165) is 31.2 Å². The number of aliphatic hydroxyl groups excluding tert-OH is 1. The van der Waals surface area contributed by atoms with Crippen LogP contribution in [0.15, 0.2) is 54.6 Å². The number of rotatable bonds is 7. The third-order valence-electron chi connectivity index (χ3n) is 3.77. The van der Waals surface area contributed by atoms with Crippen molar-refractivity contribution in [1.82, 2.24) is 0 Å². The lowest BCUT2D eigenvalue weighted by atomic mass is 9.97. The molecule has 1 heteroatoms. The number of aryl methyl sites for hydroxylation is 1. The molecule has 1 nitrogen and oxygen atoms in total. The summed E-state index contributed by atoms with van der Waals surface area (Å²) in [7, 11) is 0. The van der Waals surface area contributed by atoms with E-state index in [-0.39, 0.29) is 6.10 Å². The molecule has 0 aliphatic heterocycles. The SMILES string of the molecule is CC(C)Cc1cccc(C(O)CCCc2ccccc2)c1. The fraction of sp³-hybridized carbons (Fsp3) is 0.400. The van der Waals surface area contributed by atoms with Crippen LogP contribution in [-0.2, 0) is 12.8 Å². The number of hydrogen-bond donors (Lipinski definition) is 1. The van der Waals surface area contributed by atoms with E-state index in [9.17, 15) is 5.11 Å². The molecule has 2 aromatic rings. The summed E-state index contributed by atoms with van der Waals surface area (Å²) in [5.41, 5.74) is 3.73. The monoisotopic (exact) mass is 282 g/mol. The van der Waals surface area contributed by atoms with Crippen molar-refractivity contribution in [2.24, 2.45) is 5.92 Å². The van der Waals surface area contributed by atoms with E-state index in [0.29, 0.717) is 5.92 Å². The summed E-state index contributed by atoms with van der Waals surface area (Å²) in [5, 5.41) is 10.4. The molecule has 0 aromatic heterocycles. The van der Waals surface area contributed by atoms with E-state index in [1.165, 1.54) is 11.1 Å². The Morgan fingerprint density at radius 1 is 0.905 bits per heavy atom. The van der Waals surface area contributed by atoms with Gasteiger partial charge in [-0.3, -0.25) is 0 Å². The zero-order chi connectivity index (χ0) is 15.1. The Morgan fingerprint density at radius 2 is 1.62 bits per heavy atom. The molecule has 1 unspecified atom stereocenters. The number of aliphatic hydroxyl groups is 1. The smallest absolute Gasteiger partial charge is 0.0790 e. The molecule has 0 amide bonds. The maximum absolute atomic E-state index is 10.4. The molecule has 112 valence electrons. The van der Waals surface area contributed by atoms with Gasteiger partial charge in [0.15, 0.2) is 0 Å². The fourth-order valence-electron chi connectivity index (χ4n) is 2.71. The second-order valence-electron chi connectivity index (χ2n) is 6.24. The first-order valence-corrected chi connectivity index (χ1v) is 7.96. The molecular weight excluding hydrogens is 256 g/mol. The lowest BCUT2D eigenvalue weighted by molar-refractivity contribution is 0.164. The summed E-state index contributed by atoms with van der Waals surface area (Å²) < 4.78 is 0. The molecule has 0 saturated carbocycles. The molecule has 0 heterocycles. The van der Waals surface area contributed by atoms with E-state index >= 15 is 0 Å². The molecule has 0 radical (unpaired) electrons. The second-order valence-corrected chi connectivity index (χ2v) is 6.24. The zero-order valence-corrected chi connectivity index (χ0v) is 13.1. The minimum Gasteiger partial charge on any atom is -0.388 e. The molecule has 2 aromatic carbocycles. The van der Waals surface area contributed by atoms with Gasteiger partial charge in [-0.1, -0.05) is 68.4 Å². The van der Waals surface area contributed by atoms with Crippen LogP contribution in [-0.4, -0.2) is 5.11 Å². The maximum atomic E-state index is 10.4. The van der Waals surface area contributed by atoms with Crippen molar-refractivity contribution in [3.05, 3.63) is 71.3 Å². The minimum absolute atomic E-state index is 0.346. The molecule has 0 saturated heterocycles. The topological polar surface area (TPSA) is 20.2 Å². The van der Waals surface area contributed by atoms with E-state index < -0.39 is 0 Å². The first-order valence-electron chi connectivity index (χ1n) is 7.96. The second kappa shape index (κ2) is 7.99. The van der Waals surface area contributed by atoms with Crippen LogP contribution >= 0.6 is 0 Å². The van der Waals surface area contributed by atoms with Crippen LogP contribution in [0.1, 0.15) is 49.5 Å². The van der Waals surface area contributed by atoms with E-state index in [2.05, 4.69) is 56.3 Å². The van der Waals surface area contributed by atoms with Crippen molar-refractivity contribution in [3.8, 4) is 0 Å². The van der Waals surface area contributed by atoms with Crippen LogP contribution in [0, 0.1) is 5.92 Å². The summed E-state index contributed by atoms with van der Waals surface area (Å²) in [6.45, 7) is 4.45. The van der Waals surface area contributed by atoms with Crippen LogP contribution in [0.3, 0.4) is 0 Å². The van der Waals surface area contributed by atoms with E-state index in [4.69, 9.17) is 0 Å². The molecule has 0 aliphatic carbocycles. The van der Waals surface area contributed by atoms with Gasteiger partial charge in [-0.05, 0) is 48.3 Å². The zero-order valence-electron chi connectivity index (χ0n) is 13.1. The van der Waals surface area contributed by atoms with Gasteiger partial charge in [-0.15, -0.1) is 0 Å². The highest BCUT2D eigenvalue weighted by atomic mass is 16.3. The lowest BCUT2D eigenvalue weighted by Gasteiger charge is -2.13. The molecule has 0 aliphatic rings. The van der Waals surface area contributed by atoms with Gasteiger partial charge in [-0.25, -0.2) is 0 Å². The Bertz CT molecular complexity index is 531. The van der Waals surface area contributed by atoms with E-state index in [1.807, 2.05) is 12.1 Å². The van der Waals surface area contributed by atoms with Crippen LogP contribution in [0.4, 0.5) is 0 Å². The average Bonchev–Trinajstić information content (AvgIpc) is 2.48. The largest absolute Gasteiger partial charge is 0.388 e. The Balaban J connectivity index is 1.86. The minimum atomic E-state index is -0.346. The number of hydrogen-bond acceptors (Lipinski definition) is 1. The highest BCUT2D eigenvalue weighted by Crippen LogP contribution is 2.21. The Hall–Kier alpha value is -1.60. The van der Waals surface area contributed by atoms with Gasteiger partial charge < -0.3 is 5.11 Å². The van der Waals surface area contributed by atoms with Crippen molar-refractivity contribution < 1.29 is 5.11 Å². The summed E-state index contributed by atoms with van der Waals surface area (Å²) in [4.78, 5) is 0. The Morgan fingerprint density at radius 3 is 2.33 bits per heavy atom. The fourth-order valence-corrected chi connectivity index (χ4v) is 2.71. The number of benzene rings is 2. The third-order valence-corrected chi connectivity index (χ3v) is 3.77. The molecular formula is C20H26O. The molecule has 21 heavy (non-hydrogen) atoms. The Labute approximate surface area is 128 Å². The van der Waals surface area contributed by atoms with Gasteiger partial charge in [0.1, 0.15) is 0 Å². The summed E-state index contributed by atoms with van der Waals surface area (Å²) in [5.74, 6) is 0.649. The normalized spacial score (nSPS) is 12.6. The van der Waals surface area contributed by atoms with Crippen LogP contribution < -0.4 is 0 Å². The van der Waals surface area contributed by atoms with Gasteiger partial charge >= 0.3 is 0 Å². The van der Waals surface area contributed by atoms with Crippen LogP contribution in [0.25, 0.3) is 0 Å². The molecule has 0 fully saturated rings. The molecule has 2 rings (SSSR count). The lowest BCUT2D eigenvalue weighted by Crippen LogP contribution is -2.01. The van der Waals surface area contributed by atoms with Crippen LogP contribution in [0.2, 0.25) is 0 Å². The van der Waals surface area contributed by atoms with Crippen molar-refractivity contribution >= 4 is 0 Å². The van der Waals surface area contributed by atoms with Gasteiger partial charge in [0.25, 0.3) is 0 Å². The first-order chi connectivity index (χ1) is 10.1. The summed E-state index contributed by atoms with van der Waals surface area (Å²) in [6.07, 6.45) is 3.59. The van der Waals surface area contributed by atoms with Gasteiger partial charge in [0, 0.05) is 0 Å². The van der Waals surface area contributed by atoms with Gasteiger partial charge in [0.05, 0.1) is 6.10 Å². The molecule has 0 bridgehead atoms. The predicted molar refractivity (Wildman–Crippen MR) is 89.3 cm³/mol. The van der Waals surface area contributed by atoms with Gasteiger partial charge in [0.2, 0.25) is 0 Å². The van der Waals surface area contributed by atoms with Crippen LogP contribution in [0.5, 0.6) is 0 Å². The van der Waals surface area contributed by atoms with Crippen molar-refractivity contribution in [2.45, 2.75) is 45.6 Å². The maximum Gasteiger partial charge on any atom is 0.0790 e. The Kier molecular flexibility index (Phi) is 6.01. The molecule has 1 atom stereocenters. The molecule has 1 N–H and O–H groups in total. The van der Waals surface area contributed by atoms with Crippen molar-refractivity contribution in [2.75, 3.05) is 0 Å². The van der Waals surface area contributed by atoms with Crippen molar-refractivity contribution in [1.29, 1.82) is 0 Å². The van der Waals surface area contributed by atoms with Crippen molar-refractivity contribution in [3.63, 3.8) is 0 Å². The highest BCUT2D eigenvalue weighted by molar-refractivity contribution is 5.25. The predicted octanol–water partition coefficient (Wildman–Crippen LogP) is 4.94. The summed E-state index contributed by atoms with van der Waals surface area (Å²) >= 11 is 0. The standard InChI is InChI=1S/C20H26O/c1-16(2)14-18-11-6-12-19(15-18)20(21)13-7-10-17-8-4-3-5-9-17/h3-6,8-9,11-12,15-16,20-21H,7,10,13-14H2,1-2H3. The highest BCUT2D eigenvalue weighted by Gasteiger charge is 2.08. The first kappa shape index (κ1) is 15.8. The summed E-state index contributed by atoms with van der Waals surface area (Å²) in [6, 6.07) is 18.9. The van der Waals surface area contributed by atoms with Gasteiger partial charge in [-0.2, -0.15) is 0 Å².